The van der Waals surface area contributed by atoms with Crippen LogP contribution in [0.2, 0.25) is 51.9 Å². The van der Waals surface area contributed by atoms with Crippen LogP contribution in [-0.4, -0.2) is 25.2 Å². The largest absolute Gasteiger partial charge is 0.437 e. The zero-order valence-electron chi connectivity index (χ0n) is 13.6. The second-order valence-electron chi connectivity index (χ2n) is 7.14. The molecule has 0 saturated heterocycles. The lowest BCUT2D eigenvalue weighted by molar-refractivity contribution is 0.390. The van der Waals surface area contributed by atoms with Crippen molar-refractivity contribution in [3.05, 3.63) is 6.92 Å². The molecule has 0 amide bonds. The zero-order chi connectivity index (χ0) is 14.4. The van der Waals surface area contributed by atoms with Crippen LogP contribution in [0.1, 0.15) is 25.7 Å². The molecule has 0 aliphatic heterocycles. The molecule has 0 fully saturated rings. The van der Waals surface area contributed by atoms with Gasteiger partial charge in [-0.05, 0) is 51.9 Å². The second-order valence-corrected chi connectivity index (χ2v) is 19.8. The van der Waals surface area contributed by atoms with Gasteiger partial charge in [0, 0.05) is 0 Å². The molecule has 0 unspecified atom stereocenters. The van der Waals surface area contributed by atoms with Crippen molar-refractivity contribution in [2.75, 3.05) is 0 Å². The van der Waals surface area contributed by atoms with Crippen LogP contribution in [0, 0.1) is 6.92 Å². The molecule has 1 radical (unpaired) electrons. The number of unbranched alkanes of at least 4 members (excludes halogenated alkanes) is 3. The molecule has 5 heteroatoms. The fourth-order valence-electron chi connectivity index (χ4n) is 2.38. The van der Waals surface area contributed by atoms with Gasteiger partial charge in [-0.15, -0.1) is 0 Å². The number of hydrogen-bond acceptors (Lipinski definition) is 2. The van der Waals surface area contributed by atoms with Gasteiger partial charge in [-0.2, -0.15) is 0 Å². The van der Waals surface area contributed by atoms with Crippen molar-refractivity contribution in [1.29, 1.82) is 0 Å². The van der Waals surface area contributed by atoms with Crippen LogP contribution < -0.4 is 0 Å². The van der Waals surface area contributed by atoms with E-state index in [1.54, 1.807) is 0 Å². The van der Waals surface area contributed by atoms with Gasteiger partial charge in [0.05, 0.1) is 0 Å². The maximum Gasteiger partial charge on any atom is 0.311 e. The molecule has 0 N–H and O–H groups in total. The van der Waals surface area contributed by atoms with E-state index in [9.17, 15) is 0 Å². The van der Waals surface area contributed by atoms with Crippen LogP contribution in [0.15, 0.2) is 0 Å². The van der Waals surface area contributed by atoms with Crippen LogP contribution in [-0.2, 0) is 8.23 Å². The Bertz CT molecular complexity index is 235. The first kappa shape index (κ1) is 18.6. The summed E-state index contributed by atoms with van der Waals surface area (Å²) in [5.74, 6) is 0. The van der Waals surface area contributed by atoms with E-state index >= 15 is 0 Å². The first-order chi connectivity index (χ1) is 7.97. The van der Waals surface area contributed by atoms with Crippen molar-refractivity contribution in [3.8, 4) is 0 Å². The molecule has 0 aliphatic rings. The Morgan fingerprint density at radius 2 is 1.33 bits per heavy atom. The molecule has 0 aromatic carbocycles. The first-order valence-electron chi connectivity index (χ1n) is 7.17. The molecule has 18 heavy (non-hydrogen) atoms. The maximum atomic E-state index is 6.46. The Balaban J connectivity index is 4.20. The highest BCUT2D eigenvalue weighted by atomic mass is 28.5. The van der Waals surface area contributed by atoms with E-state index in [-0.39, 0.29) is 0 Å². The molecule has 2 nitrogen and oxygen atoms in total. The van der Waals surface area contributed by atoms with Crippen molar-refractivity contribution >= 4 is 25.2 Å². The van der Waals surface area contributed by atoms with E-state index in [0.29, 0.717) is 0 Å². The summed E-state index contributed by atoms with van der Waals surface area (Å²) >= 11 is 0. The summed E-state index contributed by atoms with van der Waals surface area (Å²) in [5.41, 5.74) is 0. The summed E-state index contributed by atoms with van der Waals surface area (Å²) in [6, 6.07) is 1.25. The van der Waals surface area contributed by atoms with Crippen molar-refractivity contribution in [2.45, 2.75) is 77.6 Å². The monoisotopic (exact) mass is 305 g/mol. The molecule has 0 bridgehead atoms. The average molecular weight is 306 g/mol. The molecule has 0 aromatic heterocycles. The van der Waals surface area contributed by atoms with Crippen LogP contribution in [0.25, 0.3) is 0 Å². The van der Waals surface area contributed by atoms with Crippen LogP contribution >= 0.6 is 0 Å². The highest BCUT2D eigenvalue weighted by Crippen LogP contribution is 2.24. The van der Waals surface area contributed by atoms with Crippen LogP contribution in [0.5, 0.6) is 0 Å². The average Bonchev–Trinajstić information content (AvgIpc) is 2.06. The van der Waals surface area contributed by atoms with E-state index in [4.69, 9.17) is 8.23 Å². The summed E-state index contributed by atoms with van der Waals surface area (Å²) in [6.45, 7) is 19.7. The molecule has 0 heterocycles. The molecule has 109 valence electrons. The van der Waals surface area contributed by atoms with Gasteiger partial charge in [-0.3, -0.25) is 0 Å². The second kappa shape index (κ2) is 7.38. The lowest BCUT2D eigenvalue weighted by Gasteiger charge is -2.37. The topological polar surface area (TPSA) is 18.5 Å². The first-order valence-corrected chi connectivity index (χ1v) is 16.5. The Morgan fingerprint density at radius 1 is 0.778 bits per heavy atom. The standard InChI is InChI=1S/C13H33O2Si3/c1-9-10-11-12-13-17(5,6)15-18(7,8)14-16(2,3)4/h1,9-13H2,2-8H3. The fourth-order valence-corrected chi connectivity index (χ4v) is 15.7. The van der Waals surface area contributed by atoms with Gasteiger partial charge in [0.1, 0.15) is 0 Å². The number of hydrogen-bond donors (Lipinski definition) is 0. The van der Waals surface area contributed by atoms with Crippen molar-refractivity contribution in [2.24, 2.45) is 0 Å². The molecule has 0 rings (SSSR count). The Labute approximate surface area is 118 Å². The summed E-state index contributed by atoms with van der Waals surface area (Å²) in [7, 11) is -4.97. The van der Waals surface area contributed by atoms with E-state index in [0.717, 1.165) is 6.42 Å². The summed E-state index contributed by atoms with van der Waals surface area (Å²) < 4.78 is 12.7. The third-order valence-corrected chi connectivity index (χ3v) is 12.8. The minimum atomic E-state index is -1.93. The van der Waals surface area contributed by atoms with Gasteiger partial charge >= 0.3 is 8.56 Å². The molecule has 0 saturated carbocycles. The minimum Gasteiger partial charge on any atom is -0.437 e. The van der Waals surface area contributed by atoms with E-state index in [1.807, 2.05) is 0 Å². The van der Waals surface area contributed by atoms with Gasteiger partial charge in [0.25, 0.3) is 0 Å². The van der Waals surface area contributed by atoms with Crippen molar-refractivity contribution in [1.82, 2.24) is 0 Å². The van der Waals surface area contributed by atoms with Gasteiger partial charge < -0.3 is 8.23 Å². The fraction of sp³-hybridized carbons (Fsp3) is 0.923. The lowest BCUT2D eigenvalue weighted by atomic mass is 10.2. The van der Waals surface area contributed by atoms with Crippen molar-refractivity contribution < 1.29 is 8.23 Å². The molecule has 0 aliphatic carbocycles. The SMILES string of the molecule is [CH2]CCCCC[Si](C)(C)O[Si](C)(C)O[Si](C)(C)C. The normalized spacial score (nSPS) is 14.0. The van der Waals surface area contributed by atoms with Gasteiger partial charge in [-0.1, -0.05) is 32.6 Å². The summed E-state index contributed by atoms with van der Waals surface area (Å²) in [5, 5.41) is 0. The molecular formula is C13H33O2Si3. The zero-order valence-corrected chi connectivity index (χ0v) is 16.6. The Morgan fingerprint density at radius 3 is 1.78 bits per heavy atom. The van der Waals surface area contributed by atoms with Crippen molar-refractivity contribution in [3.63, 3.8) is 0 Å². The van der Waals surface area contributed by atoms with Crippen LogP contribution in [0.3, 0.4) is 0 Å². The smallest absolute Gasteiger partial charge is 0.311 e. The van der Waals surface area contributed by atoms with E-state index in [1.165, 1.54) is 25.3 Å². The van der Waals surface area contributed by atoms with Gasteiger partial charge in [-0.25, -0.2) is 0 Å². The van der Waals surface area contributed by atoms with Crippen LogP contribution in [0.4, 0.5) is 0 Å². The minimum absolute atomic E-state index is 1.06. The Hall–Kier alpha value is 0.571. The number of rotatable bonds is 9. The molecule has 0 atom stereocenters. The lowest BCUT2D eigenvalue weighted by Crippen LogP contribution is -2.51. The predicted octanol–water partition coefficient (Wildman–Crippen LogP) is 5.16. The highest BCUT2D eigenvalue weighted by Gasteiger charge is 2.37. The summed E-state index contributed by atoms with van der Waals surface area (Å²) in [6.07, 6.45) is 4.88. The quantitative estimate of drug-likeness (QED) is 0.433. The third kappa shape index (κ3) is 10.5. The molecule has 0 aromatic rings. The molecular weight excluding hydrogens is 272 g/mol. The third-order valence-electron chi connectivity index (χ3n) is 2.60. The van der Waals surface area contributed by atoms with Gasteiger partial charge in [0.2, 0.25) is 0 Å². The maximum absolute atomic E-state index is 6.46. The predicted molar refractivity (Wildman–Crippen MR) is 89.1 cm³/mol. The highest BCUT2D eigenvalue weighted by molar-refractivity contribution is 6.87. The molecule has 0 spiro atoms. The Kier molecular flexibility index (Phi) is 7.61. The van der Waals surface area contributed by atoms with E-state index in [2.05, 4.69) is 52.8 Å². The van der Waals surface area contributed by atoms with E-state index < -0.39 is 25.2 Å². The van der Waals surface area contributed by atoms with Gasteiger partial charge in [0.15, 0.2) is 16.6 Å². The summed E-state index contributed by atoms with van der Waals surface area (Å²) in [4.78, 5) is 0.